The van der Waals surface area contributed by atoms with Crippen LogP contribution in [0.4, 0.5) is 11.9 Å². The van der Waals surface area contributed by atoms with Gasteiger partial charge in [-0.25, -0.2) is 0 Å². The molecule has 0 saturated carbocycles. The topological polar surface area (TPSA) is 104 Å². The Morgan fingerprint density at radius 2 is 1.77 bits per heavy atom. The van der Waals surface area contributed by atoms with Gasteiger partial charge in [0.1, 0.15) is 12.4 Å². The van der Waals surface area contributed by atoms with E-state index in [9.17, 15) is 0 Å². The van der Waals surface area contributed by atoms with E-state index >= 15 is 0 Å². The van der Waals surface area contributed by atoms with Gasteiger partial charge < -0.3 is 21.5 Å². The maximum atomic E-state index is 6.46. The van der Waals surface area contributed by atoms with E-state index < -0.39 is 0 Å². The van der Waals surface area contributed by atoms with Gasteiger partial charge in [0.05, 0.1) is 15.7 Å². The Labute approximate surface area is 160 Å². The molecule has 0 atom stereocenters. The Morgan fingerprint density at radius 3 is 2.31 bits per heavy atom. The lowest BCUT2D eigenvalue weighted by Gasteiger charge is -2.12. The highest BCUT2D eigenvalue weighted by Gasteiger charge is 2.14. The van der Waals surface area contributed by atoms with Crippen molar-refractivity contribution in [2.75, 3.05) is 31.7 Å². The molecule has 26 heavy (non-hydrogen) atoms. The first-order valence-electron chi connectivity index (χ1n) is 7.85. The monoisotopic (exact) mass is 392 g/mol. The van der Waals surface area contributed by atoms with Gasteiger partial charge >= 0.3 is 0 Å². The zero-order chi connectivity index (χ0) is 18.7. The smallest absolute Gasteiger partial charge is 0.241 e. The van der Waals surface area contributed by atoms with E-state index in [-0.39, 0.29) is 11.9 Å². The summed E-state index contributed by atoms with van der Waals surface area (Å²) in [5.41, 5.74) is 13.5. The van der Waals surface area contributed by atoms with Crippen LogP contribution < -0.4 is 21.5 Å². The molecule has 3 aromatic rings. The molecule has 0 fully saturated rings. The molecule has 0 aliphatic carbocycles. The number of rotatable bonds is 6. The molecule has 0 radical (unpaired) electrons. The molecule has 0 bridgehead atoms. The third kappa shape index (κ3) is 3.85. The molecule has 0 aliphatic heterocycles. The molecule has 2 aromatic carbocycles. The van der Waals surface area contributed by atoms with Gasteiger partial charge in [0.2, 0.25) is 11.9 Å². The number of hydrogen-bond donors (Lipinski definition) is 3. The molecule has 136 valence electrons. The summed E-state index contributed by atoms with van der Waals surface area (Å²) < 4.78 is 7.00. The first-order chi connectivity index (χ1) is 12.5. The summed E-state index contributed by atoms with van der Waals surface area (Å²) in [4.78, 5) is 3.87. The van der Waals surface area contributed by atoms with Crippen molar-refractivity contribution in [1.29, 1.82) is 0 Å². The first-order valence-corrected chi connectivity index (χ1v) is 8.60. The van der Waals surface area contributed by atoms with Crippen LogP contribution in [-0.2, 0) is 0 Å². The lowest BCUT2D eigenvalue weighted by Crippen LogP contribution is -2.15. The van der Waals surface area contributed by atoms with Crippen LogP contribution in [0.1, 0.15) is 0 Å². The van der Waals surface area contributed by atoms with Gasteiger partial charge in [-0.05, 0) is 36.9 Å². The fourth-order valence-corrected chi connectivity index (χ4v) is 3.17. The molecule has 0 amide bonds. The quantitative estimate of drug-likeness (QED) is 0.557. The second-order valence-corrected chi connectivity index (χ2v) is 6.32. The Morgan fingerprint density at radius 1 is 1.12 bits per heavy atom. The number of benzene rings is 2. The van der Waals surface area contributed by atoms with Gasteiger partial charge in [0, 0.05) is 12.1 Å². The molecule has 1 aromatic heterocycles. The van der Waals surface area contributed by atoms with Crippen LogP contribution in [0.3, 0.4) is 0 Å². The lowest BCUT2D eigenvalue weighted by atomic mass is 10.0. The highest BCUT2D eigenvalue weighted by Crippen LogP contribution is 2.37. The van der Waals surface area contributed by atoms with Crippen molar-refractivity contribution < 1.29 is 4.74 Å². The molecule has 9 heteroatoms. The van der Waals surface area contributed by atoms with Crippen LogP contribution in [0.5, 0.6) is 5.75 Å². The number of aromatic nitrogens is 3. The van der Waals surface area contributed by atoms with Crippen LogP contribution in [0.25, 0.3) is 16.8 Å². The number of halogens is 2. The maximum absolute atomic E-state index is 6.46. The number of nitrogens with zero attached hydrogens (tertiary/aromatic N) is 3. The Hall–Kier alpha value is -2.48. The lowest BCUT2D eigenvalue weighted by molar-refractivity contribution is 0.318. The summed E-state index contributed by atoms with van der Waals surface area (Å²) >= 11 is 12.9. The van der Waals surface area contributed by atoms with Crippen molar-refractivity contribution in [2.24, 2.45) is 0 Å². The number of nitrogens with one attached hydrogen (secondary N) is 1. The molecule has 1 heterocycles. The van der Waals surface area contributed by atoms with E-state index in [2.05, 4.69) is 15.4 Å². The largest absolute Gasteiger partial charge is 0.492 e. The third-order valence-electron chi connectivity index (χ3n) is 3.68. The number of nitrogen functional groups attached to an aromatic ring is 2. The first kappa shape index (κ1) is 18.3. The van der Waals surface area contributed by atoms with Gasteiger partial charge in [0.15, 0.2) is 0 Å². The molecule has 7 nitrogen and oxygen atoms in total. The number of nitrogens with two attached hydrogens (primary N) is 2. The van der Waals surface area contributed by atoms with E-state index in [1.54, 1.807) is 12.1 Å². The maximum Gasteiger partial charge on any atom is 0.241 e. The number of ether oxygens (including phenoxy) is 1. The average Bonchev–Trinajstić information content (AvgIpc) is 2.94. The van der Waals surface area contributed by atoms with Crippen molar-refractivity contribution in [2.45, 2.75) is 0 Å². The van der Waals surface area contributed by atoms with Crippen LogP contribution in [-0.4, -0.2) is 35.0 Å². The zero-order valence-corrected chi connectivity index (χ0v) is 15.6. The van der Waals surface area contributed by atoms with E-state index in [1.807, 2.05) is 31.3 Å². The highest BCUT2D eigenvalue weighted by atomic mass is 35.5. The SMILES string of the molecule is CNCCOc1ccc(-c2c(Cl)cc(-n3nc(N)nc3N)cc2Cl)cc1. The summed E-state index contributed by atoms with van der Waals surface area (Å²) in [5.74, 6) is 1.01. The second-order valence-electron chi connectivity index (χ2n) is 5.50. The summed E-state index contributed by atoms with van der Waals surface area (Å²) in [5, 5.41) is 7.98. The number of anilines is 2. The minimum Gasteiger partial charge on any atom is -0.492 e. The van der Waals surface area contributed by atoms with Gasteiger partial charge in [0.25, 0.3) is 0 Å². The Kier molecular flexibility index (Phi) is 5.51. The van der Waals surface area contributed by atoms with Gasteiger partial charge in [-0.1, -0.05) is 35.3 Å². The molecular weight excluding hydrogens is 375 g/mol. The normalized spacial score (nSPS) is 10.9. The molecule has 0 spiro atoms. The molecule has 5 N–H and O–H groups in total. The van der Waals surface area contributed by atoms with E-state index in [1.165, 1.54) is 4.68 Å². The summed E-state index contributed by atoms with van der Waals surface area (Å²) in [6.07, 6.45) is 0. The predicted octanol–water partition coefficient (Wildman–Crippen LogP) is 3.00. The predicted molar refractivity (Wildman–Crippen MR) is 105 cm³/mol. The Bertz CT molecular complexity index is 887. The third-order valence-corrected chi connectivity index (χ3v) is 4.28. The zero-order valence-electron chi connectivity index (χ0n) is 14.0. The highest BCUT2D eigenvalue weighted by molar-refractivity contribution is 6.39. The summed E-state index contributed by atoms with van der Waals surface area (Å²) in [6, 6.07) is 11.0. The number of likely N-dealkylation sites (N-methyl/N-ethyl adjacent to an activating group) is 1. The fraction of sp³-hybridized carbons (Fsp3) is 0.176. The summed E-state index contributed by atoms with van der Waals surface area (Å²) in [7, 11) is 1.88. The van der Waals surface area contributed by atoms with Crippen molar-refractivity contribution in [3.63, 3.8) is 0 Å². The Balaban J connectivity index is 1.90. The van der Waals surface area contributed by atoms with Gasteiger partial charge in [-0.15, -0.1) is 5.10 Å². The molecule has 0 unspecified atom stereocenters. The van der Waals surface area contributed by atoms with E-state index in [0.717, 1.165) is 17.9 Å². The summed E-state index contributed by atoms with van der Waals surface area (Å²) in [6.45, 7) is 1.37. The second kappa shape index (κ2) is 7.82. The van der Waals surface area contributed by atoms with Crippen molar-refractivity contribution in [3.8, 4) is 22.6 Å². The van der Waals surface area contributed by atoms with Gasteiger partial charge in [-0.3, -0.25) is 0 Å². The fourth-order valence-electron chi connectivity index (χ4n) is 2.48. The molecule has 3 rings (SSSR count). The van der Waals surface area contributed by atoms with E-state index in [4.69, 9.17) is 39.4 Å². The average molecular weight is 393 g/mol. The van der Waals surface area contributed by atoms with Crippen molar-refractivity contribution >= 4 is 35.1 Å². The van der Waals surface area contributed by atoms with E-state index in [0.29, 0.717) is 27.9 Å². The minimum absolute atomic E-state index is 0.0766. The minimum atomic E-state index is 0.0766. The molecular formula is C17H18Cl2N6O. The van der Waals surface area contributed by atoms with Crippen molar-refractivity contribution in [1.82, 2.24) is 20.1 Å². The van der Waals surface area contributed by atoms with Crippen LogP contribution in [0, 0.1) is 0 Å². The molecule has 0 saturated heterocycles. The van der Waals surface area contributed by atoms with Crippen LogP contribution in [0.2, 0.25) is 10.0 Å². The van der Waals surface area contributed by atoms with Gasteiger partial charge in [-0.2, -0.15) is 9.67 Å². The standard InChI is InChI=1S/C17H18Cl2N6O/c1-22-6-7-26-12-4-2-10(3-5-12)15-13(18)8-11(9-14(15)19)25-17(21)23-16(20)24-25/h2-5,8-9,22H,6-7H2,1H3,(H4,20,21,23,24). The van der Waals surface area contributed by atoms with Crippen LogP contribution in [0.15, 0.2) is 36.4 Å². The van der Waals surface area contributed by atoms with Crippen molar-refractivity contribution in [3.05, 3.63) is 46.4 Å². The number of hydrogen-bond acceptors (Lipinski definition) is 6. The van der Waals surface area contributed by atoms with Crippen LogP contribution >= 0.6 is 23.2 Å². The molecule has 0 aliphatic rings.